The summed E-state index contributed by atoms with van der Waals surface area (Å²) >= 11 is 3.69. The van der Waals surface area contributed by atoms with E-state index in [1.54, 1.807) is 0 Å². The van der Waals surface area contributed by atoms with Crippen molar-refractivity contribution >= 4 is 15.9 Å². The summed E-state index contributed by atoms with van der Waals surface area (Å²) in [6.07, 6.45) is 6.88. The maximum atomic E-state index is 4.43. The van der Waals surface area contributed by atoms with Crippen LogP contribution in [0.25, 0.3) is 0 Å². The van der Waals surface area contributed by atoms with Gasteiger partial charge in [-0.3, -0.25) is 4.68 Å². The first-order valence-electron chi connectivity index (χ1n) is 6.26. The van der Waals surface area contributed by atoms with Crippen LogP contribution < -0.4 is 0 Å². The highest BCUT2D eigenvalue weighted by Crippen LogP contribution is 2.34. The Hall–Kier alpha value is -0.310. The van der Waals surface area contributed by atoms with Crippen molar-refractivity contribution in [3.63, 3.8) is 0 Å². The Bertz CT molecular complexity index is 340. The van der Waals surface area contributed by atoms with E-state index in [4.69, 9.17) is 0 Å². The Kier molecular flexibility index (Phi) is 4.06. The molecule has 0 N–H and O–H groups in total. The van der Waals surface area contributed by atoms with E-state index in [-0.39, 0.29) is 0 Å². The summed E-state index contributed by atoms with van der Waals surface area (Å²) in [6, 6.07) is 2.23. The van der Waals surface area contributed by atoms with Crippen LogP contribution in [0.15, 0.2) is 6.07 Å². The average Bonchev–Trinajstić information content (AvgIpc) is 2.85. The third kappa shape index (κ3) is 2.68. The second kappa shape index (κ2) is 5.35. The van der Waals surface area contributed by atoms with Gasteiger partial charge in [0, 0.05) is 18.1 Å². The minimum absolute atomic E-state index is 0.789. The molecule has 90 valence electrons. The highest BCUT2D eigenvalue weighted by molar-refractivity contribution is 9.09. The van der Waals surface area contributed by atoms with Crippen molar-refractivity contribution < 1.29 is 0 Å². The van der Waals surface area contributed by atoms with E-state index < -0.39 is 0 Å². The molecule has 0 bridgehead atoms. The van der Waals surface area contributed by atoms with Crippen molar-refractivity contribution in [1.82, 2.24) is 9.78 Å². The quantitative estimate of drug-likeness (QED) is 0.774. The molecule has 0 spiro atoms. The Balaban J connectivity index is 2.03. The van der Waals surface area contributed by atoms with Gasteiger partial charge in [0.1, 0.15) is 0 Å². The van der Waals surface area contributed by atoms with Gasteiger partial charge in [-0.25, -0.2) is 0 Å². The van der Waals surface area contributed by atoms with Crippen LogP contribution in [0.5, 0.6) is 0 Å². The summed E-state index contributed by atoms with van der Waals surface area (Å²) in [5.41, 5.74) is 2.52. The number of aromatic nitrogens is 2. The second-order valence-electron chi connectivity index (χ2n) is 5.06. The predicted octanol–water partition coefficient (Wildman–Crippen LogP) is 3.47. The molecule has 1 unspecified atom stereocenters. The van der Waals surface area contributed by atoms with Crippen molar-refractivity contribution in [2.45, 2.75) is 39.0 Å². The Morgan fingerprint density at radius 1 is 1.50 bits per heavy atom. The molecule has 1 aliphatic carbocycles. The van der Waals surface area contributed by atoms with Gasteiger partial charge in [0.05, 0.1) is 5.69 Å². The second-order valence-corrected chi connectivity index (χ2v) is 5.71. The van der Waals surface area contributed by atoms with Crippen LogP contribution in [-0.2, 0) is 13.5 Å². The summed E-state index contributed by atoms with van der Waals surface area (Å²) in [5, 5.41) is 5.55. The van der Waals surface area contributed by atoms with E-state index in [1.165, 1.54) is 37.8 Å². The van der Waals surface area contributed by atoms with Crippen LogP contribution in [0, 0.1) is 18.8 Å². The van der Waals surface area contributed by atoms with Crippen molar-refractivity contribution in [3.8, 4) is 0 Å². The lowest BCUT2D eigenvalue weighted by Crippen LogP contribution is -2.17. The summed E-state index contributed by atoms with van der Waals surface area (Å²) in [5.74, 6) is 1.71. The van der Waals surface area contributed by atoms with E-state index in [2.05, 4.69) is 41.1 Å². The van der Waals surface area contributed by atoms with E-state index in [9.17, 15) is 0 Å². The van der Waals surface area contributed by atoms with Gasteiger partial charge in [-0.2, -0.15) is 5.10 Å². The van der Waals surface area contributed by atoms with Gasteiger partial charge < -0.3 is 0 Å². The Labute approximate surface area is 107 Å². The molecule has 1 saturated carbocycles. The third-order valence-electron chi connectivity index (χ3n) is 3.83. The van der Waals surface area contributed by atoms with Crippen LogP contribution in [-0.4, -0.2) is 15.1 Å². The highest BCUT2D eigenvalue weighted by Gasteiger charge is 2.25. The van der Waals surface area contributed by atoms with Crippen LogP contribution >= 0.6 is 15.9 Å². The number of alkyl halides is 1. The van der Waals surface area contributed by atoms with E-state index >= 15 is 0 Å². The number of hydrogen-bond acceptors (Lipinski definition) is 1. The lowest BCUT2D eigenvalue weighted by atomic mass is 9.89. The molecule has 1 heterocycles. The number of aryl methyl sites for hydroxylation is 2. The van der Waals surface area contributed by atoms with Gasteiger partial charge in [-0.15, -0.1) is 0 Å². The topological polar surface area (TPSA) is 17.8 Å². The molecule has 0 aromatic carbocycles. The van der Waals surface area contributed by atoms with Gasteiger partial charge in [0.25, 0.3) is 0 Å². The maximum absolute atomic E-state index is 4.43. The fourth-order valence-corrected chi connectivity index (χ4v) is 3.66. The largest absolute Gasteiger partial charge is 0.272 e. The van der Waals surface area contributed by atoms with E-state index in [0.717, 1.165) is 22.9 Å². The molecule has 2 nitrogen and oxygen atoms in total. The summed E-state index contributed by atoms with van der Waals surface area (Å²) < 4.78 is 2.04. The Morgan fingerprint density at radius 3 is 2.69 bits per heavy atom. The molecule has 0 saturated heterocycles. The summed E-state index contributed by atoms with van der Waals surface area (Å²) in [7, 11) is 2.06. The first kappa shape index (κ1) is 12.2. The number of hydrogen-bond donors (Lipinski definition) is 0. The van der Waals surface area contributed by atoms with Crippen LogP contribution in [0.2, 0.25) is 0 Å². The first-order chi connectivity index (χ1) is 7.70. The molecule has 3 heteroatoms. The van der Waals surface area contributed by atoms with Gasteiger partial charge in [0.2, 0.25) is 0 Å². The zero-order valence-electron chi connectivity index (χ0n) is 10.2. The zero-order chi connectivity index (χ0) is 11.5. The monoisotopic (exact) mass is 284 g/mol. The summed E-state index contributed by atoms with van der Waals surface area (Å²) in [6.45, 7) is 2.07. The zero-order valence-corrected chi connectivity index (χ0v) is 11.8. The molecule has 0 radical (unpaired) electrons. The lowest BCUT2D eigenvalue weighted by Gasteiger charge is -2.20. The highest BCUT2D eigenvalue weighted by atomic mass is 79.9. The van der Waals surface area contributed by atoms with Crippen LogP contribution in [0.1, 0.15) is 37.1 Å². The predicted molar refractivity (Wildman–Crippen MR) is 70.9 cm³/mol. The SMILES string of the molecule is Cc1cc(CC(CBr)C2CCCC2)n(C)n1. The lowest BCUT2D eigenvalue weighted by molar-refractivity contribution is 0.366. The minimum Gasteiger partial charge on any atom is -0.272 e. The molecular weight excluding hydrogens is 264 g/mol. The van der Waals surface area contributed by atoms with Gasteiger partial charge in [0.15, 0.2) is 0 Å². The van der Waals surface area contributed by atoms with Crippen LogP contribution in [0.3, 0.4) is 0 Å². The molecule has 0 aliphatic heterocycles. The Morgan fingerprint density at radius 2 is 2.19 bits per heavy atom. The molecule has 1 aromatic heterocycles. The number of rotatable bonds is 4. The van der Waals surface area contributed by atoms with Gasteiger partial charge in [-0.05, 0) is 31.2 Å². The van der Waals surface area contributed by atoms with Gasteiger partial charge in [-0.1, -0.05) is 41.6 Å². The van der Waals surface area contributed by atoms with Crippen molar-refractivity contribution in [2.24, 2.45) is 18.9 Å². The number of nitrogens with zero attached hydrogens (tertiary/aromatic N) is 2. The normalized spacial score (nSPS) is 19.2. The molecule has 2 rings (SSSR count). The molecule has 1 fully saturated rings. The van der Waals surface area contributed by atoms with Crippen molar-refractivity contribution in [3.05, 3.63) is 17.5 Å². The summed E-state index contributed by atoms with van der Waals surface area (Å²) in [4.78, 5) is 0. The van der Waals surface area contributed by atoms with Gasteiger partial charge >= 0.3 is 0 Å². The van der Waals surface area contributed by atoms with Crippen molar-refractivity contribution in [1.29, 1.82) is 0 Å². The smallest absolute Gasteiger partial charge is 0.0596 e. The molecule has 1 aliphatic rings. The fourth-order valence-electron chi connectivity index (χ4n) is 2.90. The minimum atomic E-state index is 0.789. The first-order valence-corrected chi connectivity index (χ1v) is 7.38. The standard InChI is InChI=1S/C13H21BrN2/c1-10-7-13(16(2)15-10)8-12(9-14)11-5-3-4-6-11/h7,11-12H,3-6,8-9H2,1-2H3. The molecular formula is C13H21BrN2. The van der Waals surface area contributed by atoms with E-state index in [0.29, 0.717) is 0 Å². The maximum Gasteiger partial charge on any atom is 0.0596 e. The van der Waals surface area contributed by atoms with E-state index in [1.807, 2.05) is 4.68 Å². The van der Waals surface area contributed by atoms with Crippen LogP contribution in [0.4, 0.5) is 0 Å². The molecule has 1 atom stereocenters. The average molecular weight is 285 g/mol. The fraction of sp³-hybridized carbons (Fsp3) is 0.769. The third-order valence-corrected chi connectivity index (χ3v) is 4.67. The molecule has 16 heavy (non-hydrogen) atoms. The molecule has 1 aromatic rings. The number of halogens is 1. The van der Waals surface area contributed by atoms with Crippen molar-refractivity contribution in [2.75, 3.05) is 5.33 Å². The molecule has 0 amide bonds.